The lowest BCUT2D eigenvalue weighted by Crippen LogP contribution is -2.33. The van der Waals surface area contributed by atoms with Gasteiger partial charge in [0.05, 0.1) is 13.2 Å². The first-order valence-corrected chi connectivity index (χ1v) is 21.4. The van der Waals surface area contributed by atoms with Crippen molar-refractivity contribution in [3.05, 3.63) is 48.6 Å². The smallest absolute Gasteiger partial charge is 0.407 e. The van der Waals surface area contributed by atoms with Gasteiger partial charge in [-0.1, -0.05) is 140 Å². The van der Waals surface area contributed by atoms with Crippen LogP contribution in [0.1, 0.15) is 168 Å². The molecule has 0 saturated heterocycles. The average molecular weight is 717 g/mol. The molecule has 6 nitrogen and oxygen atoms in total. The van der Waals surface area contributed by atoms with Gasteiger partial charge in [0.25, 0.3) is 0 Å². The summed E-state index contributed by atoms with van der Waals surface area (Å²) in [6.07, 6.45) is 48.0. The molecule has 0 aliphatic heterocycles. The third-order valence-corrected chi connectivity index (χ3v) is 8.96. The Kier molecular flexibility index (Phi) is 40.9. The number of hydrogen-bond acceptors (Lipinski definition) is 5. The van der Waals surface area contributed by atoms with Gasteiger partial charge in [-0.15, -0.1) is 0 Å². The molecule has 6 heteroatoms. The maximum atomic E-state index is 12.2. The van der Waals surface area contributed by atoms with Crippen molar-refractivity contribution in [1.82, 2.24) is 10.2 Å². The standard InChI is InChI=1S/C45H84N2O4/c1-5-7-9-11-13-15-17-19-21-23-25-27-29-31-33-35-39-49-41-44(43-51-45(48)46-37-38-47(3)4)42-50-40-36-34-32-30-28-26-24-22-20-18-16-14-12-10-8-6-2/h13-16,19-22,44H,5-12,17-18,23-43H2,1-4H3,(H,46,48). The number of carbonyl (C=O) groups excluding carboxylic acids is 1. The Labute approximate surface area is 317 Å². The molecule has 51 heavy (non-hydrogen) atoms. The summed E-state index contributed by atoms with van der Waals surface area (Å²) in [5.41, 5.74) is 0. The highest BCUT2D eigenvalue weighted by Crippen LogP contribution is 2.11. The first-order chi connectivity index (χ1) is 25.1. The van der Waals surface area contributed by atoms with Gasteiger partial charge in [0.15, 0.2) is 0 Å². The molecule has 0 aromatic heterocycles. The Morgan fingerprint density at radius 1 is 0.529 bits per heavy atom. The van der Waals surface area contributed by atoms with Gasteiger partial charge in [-0.05, 0) is 91.1 Å². The molecule has 0 unspecified atom stereocenters. The fourth-order valence-electron chi connectivity index (χ4n) is 5.66. The number of likely N-dealkylation sites (N-methyl/N-ethyl adjacent to an activating group) is 1. The van der Waals surface area contributed by atoms with Crippen LogP contribution < -0.4 is 5.32 Å². The largest absolute Gasteiger partial charge is 0.449 e. The summed E-state index contributed by atoms with van der Waals surface area (Å²) in [7, 11) is 3.98. The van der Waals surface area contributed by atoms with Crippen molar-refractivity contribution < 1.29 is 19.0 Å². The molecule has 1 N–H and O–H groups in total. The molecule has 0 heterocycles. The van der Waals surface area contributed by atoms with Crippen molar-refractivity contribution >= 4 is 6.09 Å². The minimum Gasteiger partial charge on any atom is -0.449 e. The predicted octanol–water partition coefficient (Wildman–Crippen LogP) is 12.6. The average Bonchev–Trinajstić information content (AvgIpc) is 3.12. The minimum absolute atomic E-state index is 0.0544. The maximum Gasteiger partial charge on any atom is 0.407 e. The highest BCUT2D eigenvalue weighted by molar-refractivity contribution is 5.67. The number of ether oxygens (including phenoxy) is 3. The molecular weight excluding hydrogens is 633 g/mol. The normalized spacial score (nSPS) is 12.8. The molecule has 1 amide bonds. The number of hydrogen-bond donors (Lipinski definition) is 1. The molecule has 0 rings (SSSR count). The van der Waals surface area contributed by atoms with Crippen LogP contribution in [0.15, 0.2) is 48.6 Å². The van der Waals surface area contributed by atoms with Crippen LogP contribution in [-0.4, -0.2) is 71.2 Å². The van der Waals surface area contributed by atoms with Crippen molar-refractivity contribution in [2.45, 2.75) is 168 Å². The van der Waals surface area contributed by atoms with Crippen LogP contribution in [0.4, 0.5) is 4.79 Å². The van der Waals surface area contributed by atoms with Crippen molar-refractivity contribution in [3.63, 3.8) is 0 Å². The molecule has 0 fully saturated rings. The van der Waals surface area contributed by atoms with E-state index in [1.54, 1.807) is 0 Å². The molecule has 0 aliphatic carbocycles. The van der Waals surface area contributed by atoms with Crippen LogP contribution in [0, 0.1) is 5.92 Å². The Bertz CT molecular complexity index is 771. The summed E-state index contributed by atoms with van der Waals surface area (Å²) in [4.78, 5) is 14.2. The van der Waals surface area contributed by atoms with Crippen LogP contribution in [0.5, 0.6) is 0 Å². The lowest BCUT2D eigenvalue weighted by molar-refractivity contribution is 0.00891. The van der Waals surface area contributed by atoms with E-state index in [0.29, 0.717) is 26.4 Å². The lowest BCUT2D eigenvalue weighted by Gasteiger charge is -2.18. The number of amides is 1. The Hall–Kier alpha value is -1.89. The van der Waals surface area contributed by atoms with E-state index in [1.165, 1.54) is 128 Å². The fourth-order valence-corrected chi connectivity index (χ4v) is 5.66. The topological polar surface area (TPSA) is 60.0 Å². The van der Waals surface area contributed by atoms with E-state index in [4.69, 9.17) is 14.2 Å². The monoisotopic (exact) mass is 717 g/mol. The van der Waals surface area contributed by atoms with Crippen LogP contribution in [0.25, 0.3) is 0 Å². The highest BCUT2D eigenvalue weighted by Gasteiger charge is 2.13. The Balaban J connectivity index is 3.98. The van der Waals surface area contributed by atoms with E-state index in [2.05, 4.69) is 67.8 Å². The second-order valence-electron chi connectivity index (χ2n) is 14.5. The fraction of sp³-hybridized carbons (Fsp3) is 0.800. The summed E-state index contributed by atoms with van der Waals surface area (Å²) < 4.78 is 17.6. The molecule has 0 aromatic carbocycles. The number of allylic oxidation sites excluding steroid dienone is 8. The maximum absolute atomic E-state index is 12.2. The second-order valence-corrected chi connectivity index (χ2v) is 14.5. The second kappa shape index (κ2) is 42.5. The highest BCUT2D eigenvalue weighted by atomic mass is 16.6. The molecule has 0 saturated carbocycles. The summed E-state index contributed by atoms with van der Waals surface area (Å²) in [5.74, 6) is 0.0544. The molecule has 0 aromatic rings. The minimum atomic E-state index is -0.364. The Morgan fingerprint density at radius 2 is 0.922 bits per heavy atom. The lowest BCUT2D eigenvalue weighted by atomic mass is 10.1. The van der Waals surface area contributed by atoms with Gasteiger partial charge in [0.1, 0.15) is 6.61 Å². The van der Waals surface area contributed by atoms with Crippen molar-refractivity contribution in [2.24, 2.45) is 5.92 Å². The van der Waals surface area contributed by atoms with Gasteiger partial charge in [-0.25, -0.2) is 4.79 Å². The first-order valence-electron chi connectivity index (χ1n) is 21.4. The summed E-state index contributed by atoms with van der Waals surface area (Å²) in [6.45, 7) is 8.83. The summed E-state index contributed by atoms with van der Waals surface area (Å²) in [5, 5.41) is 2.83. The number of carbonyl (C=O) groups is 1. The van der Waals surface area contributed by atoms with Crippen molar-refractivity contribution in [1.29, 1.82) is 0 Å². The number of nitrogens with zero attached hydrogens (tertiary/aromatic N) is 1. The number of alkyl carbamates (subject to hydrolysis) is 1. The van der Waals surface area contributed by atoms with Crippen molar-refractivity contribution in [2.75, 3.05) is 60.2 Å². The third-order valence-electron chi connectivity index (χ3n) is 8.96. The molecule has 0 spiro atoms. The van der Waals surface area contributed by atoms with Gasteiger partial charge in [0, 0.05) is 32.2 Å². The van der Waals surface area contributed by atoms with E-state index < -0.39 is 0 Å². The summed E-state index contributed by atoms with van der Waals surface area (Å²) in [6, 6.07) is 0. The SMILES string of the molecule is CCCCCC=CCC=CCCCCCCCCOCC(COCCCCCCCCC=CCC=CCCCCC)COC(=O)NCCN(C)C. The molecule has 0 radical (unpaired) electrons. The Morgan fingerprint density at radius 3 is 1.33 bits per heavy atom. The van der Waals surface area contributed by atoms with Gasteiger partial charge >= 0.3 is 6.09 Å². The van der Waals surface area contributed by atoms with Crippen LogP contribution in [0.2, 0.25) is 0 Å². The predicted molar refractivity (Wildman–Crippen MR) is 222 cm³/mol. The molecule has 0 bridgehead atoms. The zero-order chi connectivity index (χ0) is 37.1. The molecular formula is C45H84N2O4. The first kappa shape index (κ1) is 49.1. The number of unbranched alkanes of at least 4 members (excludes halogenated alkanes) is 18. The quantitative estimate of drug-likeness (QED) is 0.0507. The molecule has 0 atom stereocenters. The van der Waals surface area contributed by atoms with Gasteiger partial charge < -0.3 is 24.4 Å². The van der Waals surface area contributed by atoms with Crippen LogP contribution in [0.3, 0.4) is 0 Å². The van der Waals surface area contributed by atoms with E-state index >= 15 is 0 Å². The zero-order valence-electron chi connectivity index (χ0n) is 34.2. The molecule has 0 aliphatic rings. The van der Waals surface area contributed by atoms with Crippen molar-refractivity contribution in [3.8, 4) is 0 Å². The summed E-state index contributed by atoms with van der Waals surface area (Å²) >= 11 is 0. The third kappa shape index (κ3) is 42.4. The van der Waals surface area contributed by atoms with E-state index in [0.717, 1.165) is 45.4 Å². The molecule has 298 valence electrons. The zero-order valence-corrected chi connectivity index (χ0v) is 34.2. The van der Waals surface area contributed by atoms with Gasteiger partial charge in [-0.3, -0.25) is 0 Å². The van der Waals surface area contributed by atoms with Crippen LogP contribution >= 0.6 is 0 Å². The number of rotatable bonds is 39. The van der Waals surface area contributed by atoms with Gasteiger partial charge in [0.2, 0.25) is 0 Å². The van der Waals surface area contributed by atoms with E-state index in [1.807, 2.05) is 19.0 Å². The van der Waals surface area contributed by atoms with Crippen LogP contribution in [-0.2, 0) is 14.2 Å². The van der Waals surface area contributed by atoms with E-state index in [9.17, 15) is 4.79 Å². The number of nitrogens with one attached hydrogen (secondary N) is 1. The van der Waals surface area contributed by atoms with Gasteiger partial charge in [-0.2, -0.15) is 0 Å². The van der Waals surface area contributed by atoms with E-state index in [-0.39, 0.29) is 12.0 Å².